The molecule has 4 nitrogen and oxygen atoms in total. The zero-order chi connectivity index (χ0) is 82.7. The quantitative estimate of drug-likeness (QED) is 0.114. The molecule has 6 heteroatoms. The number of benzene rings is 18. The summed E-state index contributed by atoms with van der Waals surface area (Å²) in [5, 5.41) is 19.1. The van der Waals surface area contributed by atoms with Gasteiger partial charge in [-0.1, -0.05) is 345 Å². The minimum atomic E-state index is -0.0499. The van der Waals surface area contributed by atoms with E-state index >= 15 is 0 Å². The van der Waals surface area contributed by atoms with E-state index < -0.39 is 0 Å². The Morgan fingerprint density at radius 1 is 0.203 bits per heavy atom. The van der Waals surface area contributed by atoms with E-state index in [-0.39, 0.29) is 16.2 Å². The minimum Gasteiger partial charge on any atom is -0.456 e. The monoisotopic (exact) mass is 1610 g/mol. The van der Waals surface area contributed by atoms with E-state index in [2.05, 4.69) is 446 Å². The number of thiophene rings is 2. The normalized spacial score (nSPS) is 13.3. The Kier molecular flexibility index (Phi) is 18.3. The highest BCUT2D eigenvalue weighted by molar-refractivity contribution is 7.26. The van der Waals surface area contributed by atoms with Crippen LogP contribution in [-0.4, -0.2) is 0 Å². The van der Waals surface area contributed by atoms with Crippen molar-refractivity contribution in [3.8, 4) is 100 Å². The van der Waals surface area contributed by atoms with Crippen LogP contribution in [0.4, 0.5) is 34.1 Å². The largest absolute Gasteiger partial charge is 0.456 e. The van der Waals surface area contributed by atoms with Crippen molar-refractivity contribution in [2.45, 2.75) is 57.8 Å². The fraction of sp³-hybridized carbons (Fsp3) is 0.0769. The molecule has 588 valence electrons. The summed E-state index contributed by atoms with van der Waals surface area (Å²) in [7, 11) is 0. The molecule has 3 aliphatic carbocycles. The fourth-order valence-corrected chi connectivity index (χ4v) is 22.3. The lowest BCUT2D eigenvalue weighted by atomic mass is 9.82. The van der Waals surface area contributed by atoms with Gasteiger partial charge < -0.3 is 20.4 Å². The van der Waals surface area contributed by atoms with Gasteiger partial charge in [0, 0.05) is 113 Å². The molecule has 0 aliphatic heterocycles. The molecule has 0 saturated carbocycles. The zero-order valence-corrected chi connectivity index (χ0v) is 71.0. The van der Waals surface area contributed by atoms with Gasteiger partial charge in [0.1, 0.15) is 11.2 Å². The number of hydrogen-bond donors (Lipinski definition) is 3. The summed E-state index contributed by atoms with van der Waals surface area (Å²) in [4.78, 5) is 0. The molecular weight excluding hydrogens is 1530 g/mol. The lowest BCUT2D eigenvalue weighted by molar-refractivity contribution is 0.660. The van der Waals surface area contributed by atoms with Crippen LogP contribution in [0.3, 0.4) is 0 Å². The van der Waals surface area contributed by atoms with Gasteiger partial charge in [-0.15, -0.1) is 22.7 Å². The highest BCUT2D eigenvalue weighted by Gasteiger charge is 2.38. The molecule has 0 amide bonds. The van der Waals surface area contributed by atoms with Gasteiger partial charge in [-0.3, -0.25) is 0 Å². The molecule has 3 aliphatic rings. The van der Waals surface area contributed by atoms with Gasteiger partial charge in [-0.05, 0) is 219 Å². The maximum absolute atomic E-state index is 6.26. The van der Waals surface area contributed by atoms with Crippen molar-refractivity contribution in [1.29, 1.82) is 0 Å². The molecular formula is C117H87N3OS2. The summed E-state index contributed by atoms with van der Waals surface area (Å²) < 4.78 is 11.6. The van der Waals surface area contributed by atoms with Crippen LogP contribution in [0.1, 0.15) is 74.9 Å². The van der Waals surface area contributed by atoms with E-state index in [1.807, 2.05) is 34.8 Å². The molecule has 0 radical (unpaired) electrons. The van der Waals surface area contributed by atoms with Crippen LogP contribution < -0.4 is 16.0 Å². The third kappa shape index (κ3) is 12.9. The minimum absolute atomic E-state index is 0.0262. The first-order valence-corrected chi connectivity index (χ1v) is 44.2. The molecule has 0 fully saturated rings. The Labute approximate surface area is 725 Å². The Morgan fingerprint density at radius 3 is 1.12 bits per heavy atom. The maximum atomic E-state index is 6.26. The Morgan fingerprint density at radius 2 is 0.569 bits per heavy atom. The average Bonchev–Trinajstić information content (AvgIpc) is 1.52. The van der Waals surface area contributed by atoms with E-state index in [0.29, 0.717) is 0 Å². The summed E-state index contributed by atoms with van der Waals surface area (Å²) in [6, 6.07) is 145. The number of anilines is 6. The van der Waals surface area contributed by atoms with Gasteiger partial charge in [-0.2, -0.15) is 0 Å². The predicted octanol–water partition coefficient (Wildman–Crippen LogP) is 33.8. The number of furan rings is 1. The molecule has 0 spiro atoms. The van der Waals surface area contributed by atoms with Crippen molar-refractivity contribution >= 4 is 119 Å². The number of fused-ring (bicyclic) bond motifs is 18. The first kappa shape index (κ1) is 74.9. The molecule has 3 aromatic heterocycles. The van der Waals surface area contributed by atoms with Gasteiger partial charge in [0.2, 0.25) is 0 Å². The topological polar surface area (TPSA) is 49.2 Å². The summed E-state index contributed by atoms with van der Waals surface area (Å²) in [6.45, 7) is 14.0. The van der Waals surface area contributed by atoms with Gasteiger partial charge in [0.05, 0.1) is 0 Å². The maximum Gasteiger partial charge on any atom is 0.136 e. The second-order valence-corrected chi connectivity index (χ2v) is 36.5. The Balaban J connectivity index is 0.000000110. The zero-order valence-electron chi connectivity index (χ0n) is 69.3. The summed E-state index contributed by atoms with van der Waals surface area (Å²) >= 11 is 3.74. The van der Waals surface area contributed by atoms with E-state index in [9.17, 15) is 0 Å². The first-order valence-electron chi connectivity index (χ1n) is 42.6. The number of para-hydroxylation sites is 1. The van der Waals surface area contributed by atoms with Crippen LogP contribution >= 0.6 is 22.7 Å². The van der Waals surface area contributed by atoms with Crippen LogP contribution in [0.15, 0.2) is 405 Å². The van der Waals surface area contributed by atoms with Crippen LogP contribution in [-0.2, 0) is 16.2 Å². The Hall–Kier alpha value is -14.4. The van der Waals surface area contributed by atoms with Crippen molar-refractivity contribution in [3.05, 3.63) is 434 Å². The molecule has 18 aromatic carbocycles. The van der Waals surface area contributed by atoms with Crippen molar-refractivity contribution in [3.63, 3.8) is 0 Å². The fourth-order valence-electron chi connectivity index (χ4n) is 20.0. The molecule has 0 bridgehead atoms. The highest BCUT2D eigenvalue weighted by atomic mass is 32.1. The van der Waals surface area contributed by atoms with Crippen molar-refractivity contribution < 1.29 is 4.42 Å². The standard InChI is InChI=1S/C39H29NO.2C39H29NS/c1-39(2)32-18-8-6-14-27(32)28-23-22-26(24-33(28)39)40-34-19-10-16-29(37(34)25-12-4-3-5-13-25)30-17-11-21-36-38(30)31-15-7-9-20-35(31)41-36;1-39(2)33-16-8-6-13-30(33)31-22-20-27(24-34(31)39)40-35-23-26(19-21-28(35)25-11-4-3-5-12-25)29-15-10-18-37-38(29)32-14-7-9-17-36(32)41-37;1-39(2)34-16-8-6-13-29(34)30-22-20-27(24-35(30)39)40-26-19-21-28(25-11-4-3-5-12-25)33(23-26)31-15-10-18-37-38(31)32-14-7-9-17-36(32)41-37/h3*3-24,40H,1-2H3. The van der Waals surface area contributed by atoms with Gasteiger partial charge in [0.25, 0.3) is 0 Å². The highest BCUT2D eigenvalue weighted by Crippen LogP contribution is 2.55. The second-order valence-electron chi connectivity index (χ2n) is 34.3. The van der Waals surface area contributed by atoms with Crippen molar-refractivity contribution in [2.24, 2.45) is 0 Å². The van der Waals surface area contributed by atoms with Gasteiger partial charge >= 0.3 is 0 Å². The molecule has 0 atom stereocenters. The molecule has 21 aromatic rings. The smallest absolute Gasteiger partial charge is 0.136 e. The molecule has 24 rings (SSSR count). The number of hydrogen-bond acceptors (Lipinski definition) is 6. The first-order chi connectivity index (χ1) is 60.2. The van der Waals surface area contributed by atoms with E-state index in [1.54, 1.807) is 0 Å². The summed E-state index contributed by atoms with van der Waals surface area (Å²) in [5.41, 5.74) is 39.2. The lowest BCUT2D eigenvalue weighted by Gasteiger charge is -2.23. The van der Waals surface area contributed by atoms with E-state index in [0.717, 1.165) is 56.1 Å². The van der Waals surface area contributed by atoms with E-state index in [4.69, 9.17) is 4.42 Å². The number of nitrogens with one attached hydrogen (secondary N) is 3. The lowest BCUT2D eigenvalue weighted by Crippen LogP contribution is -2.15. The van der Waals surface area contributed by atoms with Crippen molar-refractivity contribution in [1.82, 2.24) is 0 Å². The van der Waals surface area contributed by atoms with Crippen LogP contribution in [0, 0.1) is 0 Å². The second kappa shape index (κ2) is 30.1. The molecule has 0 saturated heterocycles. The number of rotatable bonds is 12. The SMILES string of the molecule is CC1(C)c2ccccc2-c2ccc(Nc3cc(-c4cccc5sc6ccccc6c45)ccc3-c3ccccc3)cc21.CC1(C)c2ccccc2-c2ccc(Nc3ccc(-c4ccccc4)c(-c4cccc5sc6ccccc6c45)c3)cc21.CC1(C)c2ccccc2-c2ccc(Nc3cccc(-c4cccc5oc6ccccc6c45)c3-c3ccccc3)cc21. The molecule has 3 N–H and O–H groups in total. The third-order valence-electron chi connectivity index (χ3n) is 26.0. The summed E-state index contributed by atoms with van der Waals surface area (Å²) in [6.07, 6.45) is 0. The predicted molar refractivity (Wildman–Crippen MR) is 527 cm³/mol. The van der Waals surface area contributed by atoms with Gasteiger partial charge in [-0.25, -0.2) is 0 Å². The van der Waals surface area contributed by atoms with Crippen molar-refractivity contribution in [2.75, 3.05) is 16.0 Å². The summed E-state index contributed by atoms with van der Waals surface area (Å²) in [5.74, 6) is 0. The molecule has 123 heavy (non-hydrogen) atoms. The van der Waals surface area contributed by atoms with Crippen LogP contribution in [0.25, 0.3) is 162 Å². The van der Waals surface area contributed by atoms with Crippen LogP contribution in [0.5, 0.6) is 0 Å². The average molecular weight is 1620 g/mol. The Bertz CT molecular complexity index is 7530. The van der Waals surface area contributed by atoms with Gasteiger partial charge in [0.15, 0.2) is 0 Å². The van der Waals surface area contributed by atoms with Crippen LogP contribution in [0.2, 0.25) is 0 Å². The molecule has 3 heterocycles. The van der Waals surface area contributed by atoms with E-state index in [1.165, 1.54) is 174 Å². The third-order valence-corrected chi connectivity index (χ3v) is 28.3. The molecule has 0 unspecified atom stereocenters.